The number of rotatable bonds is 4. The summed E-state index contributed by atoms with van der Waals surface area (Å²) in [5.74, 6) is 2.29. The third kappa shape index (κ3) is 3.19. The highest BCUT2D eigenvalue weighted by molar-refractivity contribution is 5.22. The van der Waals surface area contributed by atoms with Gasteiger partial charge >= 0.3 is 0 Å². The summed E-state index contributed by atoms with van der Waals surface area (Å²) in [6.45, 7) is 5.39. The summed E-state index contributed by atoms with van der Waals surface area (Å²) < 4.78 is 6.07. The molecule has 3 unspecified atom stereocenters. The number of aromatic nitrogens is 2. The molecule has 0 bridgehead atoms. The monoisotopic (exact) mass is 249 g/mol. The summed E-state index contributed by atoms with van der Waals surface area (Å²) in [5, 5.41) is 3.12. The predicted octanol–water partition coefficient (Wildman–Crippen LogP) is 2.40. The van der Waals surface area contributed by atoms with E-state index in [1.165, 1.54) is 6.42 Å². The van der Waals surface area contributed by atoms with E-state index < -0.39 is 0 Å². The molecule has 4 nitrogen and oxygen atoms in total. The average Bonchev–Trinajstić information content (AvgIpc) is 2.37. The molecule has 1 aromatic heterocycles. The van der Waals surface area contributed by atoms with Crippen molar-refractivity contribution in [2.45, 2.75) is 45.8 Å². The van der Waals surface area contributed by atoms with Gasteiger partial charge in [-0.05, 0) is 38.1 Å². The Bertz CT molecular complexity index is 383. The zero-order chi connectivity index (χ0) is 13.0. The fourth-order valence-electron chi connectivity index (χ4n) is 2.53. The van der Waals surface area contributed by atoms with E-state index in [0.717, 1.165) is 42.7 Å². The van der Waals surface area contributed by atoms with Gasteiger partial charge in [0.05, 0.1) is 0 Å². The quantitative estimate of drug-likeness (QED) is 0.890. The molecule has 0 radical (unpaired) electrons. The Morgan fingerprint density at radius 2 is 2.17 bits per heavy atom. The Morgan fingerprint density at radius 1 is 1.33 bits per heavy atom. The van der Waals surface area contributed by atoms with Crippen molar-refractivity contribution in [3.05, 3.63) is 18.1 Å². The van der Waals surface area contributed by atoms with Gasteiger partial charge in [-0.2, -0.15) is 0 Å². The van der Waals surface area contributed by atoms with E-state index in [9.17, 15) is 0 Å². The summed E-state index contributed by atoms with van der Waals surface area (Å²) in [6.07, 6.45) is 7.20. The summed E-state index contributed by atoms with van der Waals surface area (Å²) >= 11 is 0. The zero-order valence-corrected chi connectivity index (χ0v) is 11.5. The van der Waals surface area contributed by atoms with E-state index in [0.29, 0.717) is 6.10 Å². The van der Waals surface area contributed by atoms with Crippen LogP contribution >= 0.6 is 0 Å². The molecule has 0 aromatic carbocycles. The van der Waals surface area contributed by atoms with Gasteiger partial charge in [0.15, 0.2) is 0 Å². The van der Waals surface area contributed by atoms with E-state index >= 15 is 0 Å². The van der Waals surface area contributed by atoms with Crippen LogP contribution in [0.2, 0.25) is 0 Å². The maximum atomic E-state index is 6.07. The van der Waals surface area contributed by atoms with Crippen molar-refractivity contribution >= 4 is 0 Å². The van der Waals surface area contributed by atoms with Crippen molar-refractivity contribution in [3.63, 3.8) is 0 Å². The van der Waals surface area contributed by atoms with Crippen LogP contribution in [0.1, 0.15) is 38.7 Å². The first-order valence-corrected chi connectivity index (χ1v) is 6.80. The fourth-order valence-corrected chi connectivity index (χ4v) is 2.53. The van der Waals surface area contributed by atoms with Crippen molar-refractivity contribution in [2.24, 2.45) is 11.8 Å². The van der Waals surface area contributed by atoms with E-state index in [4.69, 9.17) is 4.74 Å². The van der Waals surface area contributed by atoms with Crippen LogP contribution in [0.3, 0.4) is 0 Å². The smallest absolute Gasteiger partial charge is 0.221 e. The second kappa shape index (κ2) is 6.14. The van der Waals surface area contributed by atoms with Crippen LogP contribution in [0.4, 0.5) is 0 Å². The second-order valence-corrected chi connectivity index (χ2v) is 5.39. The van der Waals surface area contributed by atoms with Crippen molar-refractivity contribution in [3.8, 4) is 5.88 Å². The standard InChI is InChI=1S/C14H23N3O/c1-10-4-5-13(6-11(10)2)18-14-12(7-15-3)8-16-9-17-14/h8-11,13,15H,4-7H2,1-3H3. The van der Waals surface area contributed by atoms with E-state index in [1.807, 2.05) is 13.2 Å². The average molecular weight is 249 g/mol. The predicted molar refractivity (Wildman–Crippen MR) is 71.4 cm³/mol. The molecular formula is C14H23N3O. The van der Waals surface area contributed by atoms with Gasteiger partial charge < -0.3 is 10.1 Å². The van der Waals surface area contributed by atoms with E-state index in [2.05, 4.69) is 29.1 Å². The van der Waals surface area contributed by atoms with Crippen LogP contribution in [-0.2, 0) is 6.54 Å². The third-order valence-electron chi connectivity index (χ3n) is 3.94. The fraction of sp³-hybridized carbons (Fsp3) is 0.714. The van der Waals surface area contributed by atoms with Crippen LogP contribution < -0.4 is 10.1 Å². The second-order valence-electron chi connectivity index (χ2n) is 5.39. The summed E-state index contributed by atoms with van der Waals surface area (Å²) in [6, 6.07) is 0. The Balaban J connectivity index is 2.01. The van der Waals surface area contributed by atoms with Crippen LogP contribution in [-0.4, -0.2) is 23.1 Å². The molecule has 1 aromatic rings. The highest BCUT2D eigenvalue weighted by atomic mass is 16.5. The molecule has 100 valence electrons. The van der Waals surface area contributed by atoms with Crippen molar-refractivity contribution in [1.82, 2.24) is 15.3 Å². The normalized spacial score (nSPS) is 28.1. The molecule has 1 aliphatic rings. The lowest BCUT2D eigenvalue weighted by Gasteiger charge is -2.32. The van der Waals surface area contributed by atoms with Crippen LogP contribution in [0.5, 0.6) is 5.88 Å². The third-order valence-corrected chi connectivity index (χ3v) is 3.94. The van der Waals surface area contributed by atoms with Crippen LogP contribution in [0, 0.1) is 11.8 Å². The molecular weight excluding hydrogens is 226 g/mol. The van der Waals surface area contributed by atoms with E-state index in [-0.39, 0.29) is 0 Å². The van der Waals surface area contributed by atoms with Crippen LogP contribution in [0.25, 0.3) is 0 Å². The molecule has 1 fully saturated rings. The molecule has 0 saturated heterocycles. The van der Waals surface area contributed by atoms with E-state index in [1.54, 1.807) is 6.33 Å². The molecule has 4 heteroatoms. The summed E-state index contributed by atoms with van der Waals surface area (Å²) in [7, 11) is 1.92. The maximum Gasteiger partial charge on any atom is 0.221 e. The van der Waals surface area contributed by atoms with Gasteiger partial charge in [-0.15, -0.1) is 0 Å². The van der Waals surface area contributed by atoms with Crippen molar-refractivity contribution < 1.29 is 4.74 Å². The zero-order valence-electron chi connectivity index (χ0n) is 11.5. The molecule has 3 atom stereocenters. The molecule has 1 heterocycles. The highest BCUT2D eigenvalue weighted by Crippen LogP contribution is 2.31. The van der Waals surface area contributed by atoms with Gasteiger partial charge in [-0.25, -0.2) is 9.97 Å². The number of hydrogen-bond donors (Lipinski definition) is 1. The lowest BCUT2D eigenvalue weighted by atomic mass is 9.80. The minimum atomic E-state index is 0.307. The lowest BCUT2D eigenvalue weighted by molar-refractivity contribution is 0.0952. The van der Waals surface area contributed by atoms with Gasteiger partial charge in [0.2, 0.25) is 5.88 Å². The lowest BCUT2D eigenvalue weighted by Crippen LogP contribution is -2.29. The van der Waals surface area contributed by atoms with Gasteiger partial charge in [0, 0.05) is 18.3 Å². The molecule has 1 saturated carbocycles. The van der Waals surface area contributed by atoms with Gasteiger partial charge in [-0.3, -0.25) is 0 Å². The first-order valence-electron chi connectivity index (χ1n) is 6.80. The van der Waals surface area contributed by atoms with Gasteiger partial charge in [0.1, 0.15) is 12.4 Å². The molecule has 1 N–H and O–H groups in total. The Morgan fingerprint density at radius 3 is 2.89 bits per heavy atom. The Hall–Kier alpha value is -1.16. The maximum absolute atomic E-state index is 6.07. The van der Waals surface area contributed by atoms with Crippen molar-refractivity contribution in [2.75, 3.05) is 7.05 Å². The SMILES string of the molecule is CNCc1cncnc1OC1CCC(C)C(C)C1. The number of nitrogens with zero attached hydrogens (tertiary/aromatic N) is 2. The first-order chi connectivity index (χ1) is 8.70. The summed E-state index contributed by atoms with van der Waals surface area (Å²) in [5.41, 5.74) is 1.03. The summed E-state index contributed by atoms with van der Waals surface area (Å²) in [4.78, 5) is 8.32. The minimum absolute atomic E-state index is 0.307. The number of nitrogens with one attached hydrogen (secondary N) is 1. The first kappa shape index (κ1) is 13.3. The van der Waals surface area contributed by atoms with Crippen LogP contribution in [0.15, 0.2) is 12.5 Å². The van der Waals surface area contributed by atoms with Gasteiger partial charge in [-0.1, -0.05) is 13.8 Å². The number of ether oxygens (including phenoxy) is 1. The molecule has 0 aliphatic heterocycles. The minimum Gasteiger partial charge on any atom is -0.474 e. The Labute approximate surface area is 109 Å². The molecule has 0 spiro atoms. The largest absolute Gasteiger partial charge is 0.474 e. The van der Waals surface area contributed by atoms with Gasteiger partial charge in [0.25, 0.3) is 0 Å². The Kier molecular flexibility index (Phi) is 4.53. The topological polar surface area (TPSA) is 47.0 Å². The molecule has 0 amide bonds. The molecule has 18 heavy (non-hydrogen) atoms. The molecule has 2 rings (SSSR count). The van der Waals surface area contributed by atoms with Crippen molar-refractivity contribution in [1.29, 1.82) is 0 Å². The number of hydrogen-bond acceptors (Lipinski definition) is 4. The molecule has 1 aliphatic carbocycles. The highest BCUT2D eigenvalue weighted by Gasteiger charge is 2.26.